The minimum absolute atomic E-state index is 0.151. The molecule has 16 heavy (non-hydrogen) atoms. The van der Waals surface area contributed by atoms with Gasteiger partial charge in [-0.15, -0.1) is 0 Å². The summed E-state index contributed by atoms with van der Waals surface area (Å²) in [6, 6.07) is 0.571. The van der Waals surface area contributed by atoms with Crippen molar-refractivity contribution in [2.24, 2.45) is 5.92 Å². The minimum Gasteiger partial charge on any atom is -0.396 e. The quantitative estimate of drug-likeness (QED) is 0.724. The van der Waals surface area contributed by atoms with Gasteiger partial charge in [0, 0.05) is 39.2 Å². The molecule has 1 rings (SSSR count). The number of rotatable bonds is 5. The molecule has 0 aliphatic heterocycles. The number of hydrogen-bond donors (Lipinski definition) is 2. The van der Waals surface area contributed by atoms with Gasteiger partial charge in [-0.1, -0.05) is 6.42 Å². The van der Waals surface area contributed by atoms with E-state index in [9.17, 15) is 9.90 Å². The summed E-state index contributed by atoms with van der Waals surface area (Å²) in [4.78, 5) is 13.1. The zero-order chi connectivity index (χ0) is 12.1. The fraction of sp³-hybridized carbons (Fsp3) is 0.917. The number of nitrogens with one attached hydrogen (secondary N) is 1. The third kappa shape index (κ3) is 3.76. The minimum atomic E-state index is 0.151. The fourth-order valence-electron chi connectivity index (χ4n) is 2.34. The van der Waals surface area contributed by atoms with Gasteiger partial charge in [0.1, 0.15) is 0 Å². The Hall–Kier alpha value is -0.610. The van der Waals surface area contributed by atoms with Crippen molar-refractivity contribution in [3.63, 3.8) is 0 Å². The fourth-order valence-corrected chi connectivity index (χ4v) is 2.34. The summed E-state index contributed by atoms with van der Waals surface area (Å²) in [6.45, 7) is 2.29. The van der Waals surface area contributed by atoms with E-state index >= 15 is 0 Å². The van der Waals surface area contributed by atoms with Crippen molar-refractivity contribution in [2.45, 2.75) is 44.7 Å². The molecule has 94 valence electrons. The van der Waals surface area contributed by atoms with Crippen molar-refractivity contribution in [1.29, 1.82) is 0 Å². The lowest BCUT2D eigenvalue weighted by atomic mass is 10.0. The Bertz CT molecular complexity index is 231. The third-order valence-corrected chi connectivity index (χ3v) is 3.37. The molecular weight excluding hydrogens is 204 g/mol. The molecule has 0 bridgehead atoms. The Morgan fingerprint density at radius 3 is 2.75 bits per heavy atom. The molecule has 0 aromatic rings. The molecule has 0 spiro atoms. The van der Waals surface area contributed by atoms with Gasteiger partial charge in [-0.2, -0.15) is 0 Å². The SMILES string of the molecule is CC(CC(=O)N(C)C)NC1CCCC1CO. The van der Waals surface area contributed by atoms with Gasteiger partial charge in [-0.25, -0.2) is 0 Å². The number of amides is 1. The van der Waals surface area contributed by atoms with Crippen molar-refractivity contribution in [3.05, 3.63) is 0 Å². The van der Waals surface area contributed by atoms with E-state index in [-0.39, 0.29) is 18.6 Å². The molecule has 1 saturated carbocycles. The first-order chi connectivity index (χ1) is 7.54. The van der Waals surface area contributed by atoms with Gasteiger partial charge in [-0.3, -0.25) is 4.79 Å². The summed E-state index contributed by atoms with van der Waals surface area (Å²) in [5, 5.41) is 12.7. The van der Waals surface area contributed by atoms with Gasteiger partial charge in [0.15, 0.2) is 0 Å². The molecule has 0 radical (unpaired) electrons. The van der Waals surface area contributed by atoms with Crippen LogP contribution in [-0.4, -0.2) is 48.7 Å². The molecule has 4 nitrogen and oxygen atoms in total. The van der Waals surface area contributed by atoms with Gasteiger partial charge in [0.25, 0.3) is 0 Å². The molecule has 1 amide bonds. The summed E-state index contributed by atoms with van der Waals surface area (Å²) in [5.41, 5.74) is 0. The number of carbonyl (C=O) groups is 1. The average molecular weight is 228 g/mol. The van der Waals surface area contributed by atoms with Gasteiger partial charge in [0.2, 0.25) is 5.91 Å². The molecule has 3 unspecified atom stereocenters. The second-order valence-electron chi connectivity index (χ2n) is 5.04. The summed E-state index contributed by atoms with van der Waals surface area (Å²) in [5.74, 6) is 0.524. The largest absolute Gasteiger partial charge is 0.396 e. The Morgan fingerprint density at radius 2 is 2.19 bits per heavy atom. The molecule has 0 heterocycles. The van der Waals surface area contributed by atoms with Crippen LogP contribution in [0.4, 0.5) is 0 Å². The summed E-state index contributed by atoms with van der Waals surface area (Å²) in [6.07, 6.45) is 3.92. The molecule has 0 aromatic heterocycles. The number of carbonyl (C=O) groups excluding carboxylic acids is 1. The van der Waals surface area contributed by atoms with E-state index in [4.69, 9.17) is 0 Å². The van der Waals surface area contributed by atoms with Crippen LogP contribution in [0.25, 0.3) is 0 Å². The van der Waals surface area contributed by atoms with Crippen LogP contribution >= 0.6 is 0 Å². The first-order valence-corrected chi connectivity index (χ1v) is 6.11. The van der Waals surface area contributed by atoms with Crippen LogP contribution in [0.3, 0.4) is 0 Å². The van der Waals surface area contributed by atoms with E-state index in [0.717, 1.165) is 12.8 Å². The van der Waals surface area contributed by atoms with Crippen LogP contribution in [0.5, 0.6) is 0 Å². The maximum atomic E-state index is 11.5. The highest BCUT2D eigenvalue weighted by Crippen LogP contribution is 2.25. The lowest BCUT2D eigenvalue weighted by Crippen LogP contribution is -2.42. The van der Waals surface area contributed by atoms with Crippen molar-refractivity contribution < 1.29 is 9.90 Å². The zero-order valence-electron chi connectivity index (χ0n) is 10.6. The van der Waals surface area contributed by atoms with Crippen LogP contribution in [0.2, 0.25) is 0 Å². The number of nitrogens with zero attached hydrogens (tertiary/aromatic N) is 1. The molecule has 3 atom stereocenters. The summed E-state index contributed by atoms with van der Waals surface area (Å²) in [7, 11) is 3.56. The molecule has 1 aliphatic rings. The normalized spacial score (nSPS) is 26.8. The lowest BCUT2D eigenvalue weighted by Gasteiger charge is -2.24. The topological polar surface area (TPSA) is 52.6 Å². The van der Waals surface area contributed by atoms with Crippen LogP contribution in [0.15, 0.2) is 0 Å². The second-order valence-corrected chi connectivity index (χ2v) is 5.04. The molecule has 1 fully saturated rings. The highest BCUT2D eigenvalue weighted by molar-refractivity contribution is 5.76. The van der Waals surface area contributed by atoms with Gasteiger partial charge in [0.05, 0.1) is 0 Å². The number of aliphatic hydroxyl groups excluding tert-OH is 1. The summed E-state index contributed by atoms with van der Waals surface area (Å²) >= 11 is 0. The Morgan fingerprint density at radius 1 is 1.50 bits per heavy atom. The van der Waals surface area contributed by atoms with E-state index in [2.05, 4.69) is 5.32 Å². The first-order valence-electron chi connectivity index (χ1n) is 6.11. The second kappa shape index (κ2) is 6.21. The van der Waals surface area contributed by atoms with E-state index in [0.29, 0.717) is 18.4 Å². The van der Waals surface area contributed by atoms with Crippen LogP contribution in [0.1, 0.15) is 32.6 Å². The lowest BCUT2D eigenvalue weighted by molar-refractivity contribution is -0.129. The molecule has 0 saturated heterocycles. The Kier molecular flexibility index (Phi) is 5.22. The highest BCUT2D eigenvalue weighted by Gasteiger charge is 2.27. The predicted octanol–water partition coefficient (Wildman–Crippen LogP) is 0.604. The van der Waals surface area contributed by atoms with E-state index in [1.54, 1.807) is 19.0 Å². The van der Waals surface area contributed by atoms with E-state index < -0.39 is 0 Å². The molecular formula is C12H24N2O2. The number of aliphatic hydroxyl groups is 1. The maximum Gasteiger partial charge on any atom is 0.223 e. The van der Waals surface area contributed by atoms with Crippen molar-refractivity contribution in [2.75, 3.05) is 20.7 Å². The Balaban J connectivity index is 2.33. The smallest absolute Gasteiger partial charge is 0.223 e. The van der Waals surface area contributed by atoms with Gasteiger partial charge < -0.3 is 15.3 Å². The standard InChI is InChI=1S/C12H24N2O2/c1-9(7-12(16)14(2)3)13-11-6-4-5-10(11)8-15/h9-11,13,15H,4-8H2,1-3H3. The molecule has 1 aliphatic carbocycles. The predicted molar refractivity (Wildman–Crippen MR) is 64.1 cm³/mol. The maximum absolute atomic E-state index is 11.5. The third-order valence-electron chi connectivity index (χ3n) is 3.37. The average Bonchev–Trinajstić information content (AvgIpc) is 2.64. The highest BCUT2D eigenvalue weighted by atomic mass is 16.3. The molecule has 4 heteroatoms. The Labute approximate surface area is 98.0 Å². The van der Waals surface area contributed by atoms with E-state index in [1.807, 2.05) is 6.92 Å². The van der Waals surface area contributed by atoms with Crippen LogP contribution < -0.4 is 5.32 Å². The van der Waals surface area contributed by atoms with Gasteiger partial charge >= 0.3 is 0 Å². The van der Waals surface area contributed by atoms with Crippen molar-refractivity contribution in [1.82, 2.24) is 10.2 Å². The molecule has 0 aromatic carbocycles. The van der Waals surface area contributed by atoms with Crippen LogP contribution in [0, 0.1) is 5.92 Å². The van der Waals surface area contributed by atoms with Crippen molar-refractivity contribution in [3.8, 4) is 0 Å². The summed E-state index contributed by atoms with van der Waals surface area (Å²) < 4.78 is 0. The zero-order valence-corrected chi connectivity index (χ0v) is 10.6. The first kappa shape index (κ1) is 13.5. The molecule has 2 N–H and O–H groups in total. The monoisotopic (exact) mass is 228 g/mol. The van der Waals surface area contributed by atoms with E-state index in [1.165, 1.54) is 6.42 Å². The van der Waals surface area contributed by atoms with Gasteiger partial charge in [-0.05, 0) is 25.7 Å². The van der Waals surface area contributed by atoms with Crippen molar-refractivity contribution >= 4 is 5.91 Å². The number of hydrogen-bond acceptors (Lipinski definition) is 3. The van der Waals surface area contributed by atoms with Crippen LogP contribution in [-0.2, 0) is 4.79 Å².